The Hall–Kier alpha value is -1.34. The molecule has 1 N–H and O–H groups in total. The zero-order chi connectivity index (χ0) is 22.9. The number of piperazine rings is 1. The molecule has 0 aromatic heterocycles. The smallest absolute Gasteiger partial charge is 0.141 e. The number of anilines is 1. The number of likely N-dealkylation sites (N-methyl/N-ethyl adjacent to an activating group) is 1. The lowest BCUT2D eigenvalue weighted by Gasteiger charge is -2.35. The second kappa shape index (κ2) is 12.8. The average Bonchev–Trinajstić information content (AvgIpc) is 3.31. The molecule has 0 amide bonds. The van der Waals surface area contributed by atoms with Crippen molar-refractivity contribution in [3.05, 3.63) is 41.4 Å². The van der Waals surface area contributed by atoms with Crippen molar-refractivity contribution in [2.75, 3.05) is 64.8 Å². The van der Waals surface area contributed by atoms with E-state index in [4.69, 9.17) is 16.3 Å². The molecule has 180 valence electrons. The summed E-state index contributed by atoms with van der Waals surface area (Å²) in [5.41, 5.74) is 0.755. The summed E-state index contributed by atoms with van der Waals surface area (Å²) in [7, 11) is 2.10. The molecule has 3 aliphatic rings. The minimum absolute atomic E-state index is 0.117. The third kappa shape index (κ3) is 7.91. The van der Waals surface area contributed by atoms with Crippen LogP contribution >= 0.6 is 11.6 Å². The first-order valence-corrected chi connectivity index (χ1v) is 12.5. The predicted molar refractivity (Wildman–Crippen MR) is 132 cm³/mol. The number of halogens is 2. The first-order valence-electron chi connectivity index (χ1n) is 12.1. The van der Waals surface area contributed by atoms with Gasteiger partial charge in [-0.05, 0) is 44.5 Å². The molecular weight excluding hydrogens is 427 g/mol. The van der Waals surface area contributed by atoms with Gasteiger partial charge < -0.3 is 19.9 Å². The van der Waals surface area contributed by atoms with Crippen molar-refractivity contribution >= 4 is 17.3 Å². The Labute approximate surface area is 198 Å². The van der Waals surface area contributed by atoms with E-state index >= 15 is 0 Å². The van der Waals surface area contributed by atoms with Gasteiger partial charge in [0.1, 0.15) is 5.82 Å². The summed E-state index contributed by atoms with van der Waals surface area (Å²) < 4.78 is 18.4. The zero-order valence-electron chi connectivity index (χ0n) is 19.8. The van der Waals surface area contributed by atoms with Gasteiger partial charge in [-0.2, -0.15) is 0 Å². The molecule has 4 rings (SSSR count). The van der Waals surface area contributed by atoms with Gasteiger partial charge in [-0.3, -0.25) is 4.90 Å². The molecule has 1 atom stereocenters. The molecule has 7 heteroatoms. The van der Waals surface area contributed by atoms with E-state index in [1.807, 2.05) is 0 Å². The molecule has 3 fully saturated rings. The first kappa shape index (κ1) is 25.3. The van der Waals surface area contributed by atoms with Gasteiger partial charge in [0.05, 0.1) is 24.1 Å². The fourth-order valence-corrected chi connectivity index (χ4v) is 4.97. The highest BCUT2D eigenvalue weighted by molar-refractivity contribution is 6.31. The summed E-state index contributed by atoms with van der Waals surface area (Å²) in [6.07, 6.45) is 7.32. The van der Waals surface area contributed by atoms with Crippen LogP contribution in [0.25, 0.3) is 0 Å². The van der Waals surface area contributed by atoms with Crippen LogP contribution in [0.3, 0.4) is 0 Å². The molecule has 5 nitrogen and oxygen atoms in total. The lowest BCUT2D eigenvalue weighted by atomic mass is 9.98. The third-order valence-corrected chi connectivity index (χ3v) is 7.20. The topological polar surface area (TPSA) is 31.0 Å². The van der Waals surface area contributed by atoms with E-state index in [1.165, 1.54) is 38.2 Å². The third-order valence-electron chi connectivity index (χ3n) is 6.91. The molecule has 1 aromatic rings. The first-order chi connectivity index (χ1) is 15.4. The van der Waals surface area contributed by atoms with Gasteiger partial charge >= 0.3 is 0 Å². The van der Waals surface area contributed by atoms with Crippen molar-refractivity contribution in [2.24, 2.45) is 5.92 Å². The minimum Gasteiger partial charge on any atom is -0.379 e. The summed E-state index contributed by atoms with van der Waals surface area (Å²) in [5, 5.41) is 3.27. The number of rotatable bonds is 6. The second-order valence-electron chi connectivity index (χ2n) is 9.37. The van der Waals surface area contributed by atoms with Crippen molar-refractivity contribution < 1.29 is 9.13 Å². The van der Waals surface area contributed by atoms with Crippen molar-refractivity contribution in [3.63, 3.8) is 0 Å². The predicted octanol–water partition coefficient (Wildman–Crippen LogP) is 4.90. The molecule has 0 bridgehead atoms. The van der Waals surface area contributed by atoms with E-state index in [1.54, 1.807) is 12.1 Å². The van der Waals surface area contributed by atoms with Crippen LogP contribution in [0.4, 0.5) is 10.1 Å². The van der Waals surface area contributed by atoms with E-state index in [-0.39, 0.29) is 5.02 Å². The SMILES string of the molecule is C=C(Nc1ccc(F)c(Cl)c1)N1CCN(C)CC1.CC(CC1CCCC1)N1CCOCC1. The number of hydrogen-bond donors (Lipinski definition) is 1. The highest BCUT2D eigenvalue weighted by Crippen LogP contribution is 2.29. The normalized spacial score (nSPS) is 21.7. The lowest BCUT2D eigenvalue weighted by molar-refractivity contribution is 0.0155. The Morgan fingerprint density at radius 1 is 1.16 bits per heavy atom. The molecule has 1 aromatic carbocycles. The number of benzene rings is 1. The summed E-state index contributed by atoms with van der Waals surface area (Å²) >= 11 is 5.74. The Morgan fingerprint density at radius 2 is 1.81 bits per heavy atom. The van der Waals surface area contributed by atoms with Crippen LogP contribution in [0.2, 0.25) is 5.02 Å². The standard InChI is InChI=1S/C13H17ClFN3.C12H23NO/c1-10(18-7-5-17(2)6-8-18)16-11-3-4-13(15)12(14)9-11;1-11(10-12-4-2-3-5-12)13-6-8-14-9-7-13/h3-4,9,16H,1,5-8H2,2H3;11-12H,2-10H2,1H3. The molecule has 0 radical (unpaired) electrons. The maximum absolute atomic E-state index is 13.0. The van der Waals surface area contributed by atoms with Crippen LogP contribution in [0, 0.1) is 11.7 Å². The van der Waals surface area contributed by atoms with Gasteiger partial charge in [0.15, 0.2) is 0 Å². The maximum atomic E-state index is 13.0. The molecule has 32 heavy (non-hydrogen) atoms. The van der Waals surface area contributed by atoms with E-state index < -0.39 is 5.82 Å². The number of nitrogens with zero attached hydrogens (tertiary/aromatic N) is 3. The van der Waals surface area contributed by atoms with Crippen LogP contribution in [-0.2, 0) is 4.74 Å². The zero-order valence-corrected chi connectivity index (χ0v) is 20.5. The van der Waals surface area contributed by atoms with Gasteiger partial charge in [0.25, 0.3) is 0 Å². The van der Waals surface area contributed by atoms with Crippen LogP contribution in [0.1, 0.15) is 39.0 Å². The molecule has 0 spiro atoms. The van der Waals surface area contributed by atoms with E-state index in [2.05, 4.69) is 40.6 Å². The van der Waals surface area contributed by atoms with Crippen LogP contribution < -0.4 is 5.32 Å². The number of nitrogens with one attached hydrogen (secondary N) is 1. The number of ether oxygens (including phenoxy) is 1. The van der Waals surface area contributed by atoms with Crippen molar-refractivity contribution in [3.8, 4) is 0 Å². The van der Waals surface area contributed by atoms with Crippen molar-refractivity contribution in [2.45, 2.75) is 45.1 Å². The highest BCUT2D eigenvalue weighted by Gasteiger charge is 2.22. The van der Waals surface area contributed by atoms with Gasteiger partial charge in [0, 0.05) is 51.0 Å². The Kier molecular flexibility index (Phi) is 10.1. The van der Waals surface area contributed by atoms with Gasteiger partial charge in [-0.15, -0.1) is 0 Å². The van der Waals surface area contributed by atoms with Crippen LogP contribution in [0.5, 0.6) is 0 Å². The van der Waals surface area contributed by atoms with E-state index in [0.29, 0.717) is 0 Å². The Bertz CT molecular complexity index is 714. The molecule has 2 saturated heterocycles. The van der Waals surface area contributed by atoms with E-state index in [0.717, 1.165) is 76.0 Å². The second-order valence-corrected chi connectivity index (χ2v) is 9.78. The van der Waals surface area contributed by atoms with Crippen molar-refractivity contribution in [1.29, 1.82) is 0 Å². The maximum Gasteiger partial charge on any atom is 0.141 e. The summed E-state index contributed by atoms with van der Waals surface area (Å²) in [4.78, 5) is 7.05. The van der Waals surface area contributed by atoms with Crippen LogP contribution in [0.15, 0.2) is 30.6 Å². The molecule has 2 aliphatic heterocycles. The molecular formula is C25H40ClFN4O. The molecule has 1 aliphatic carbocycles. The monoisotopic (exact) mass is 466 g/mol. The molecule has 1 saturated carbocycles. The minimum atomic E-state index is -0.410. The van der Waals surface area contributed by atoms with Gasteiger partial charge in [0.2, 0.25) is 0 Å². The number of hydrogen-bond acceptors (Lipinski definition) is 5. The van der Waals surface area contributed by atoms with Crippen LogP contribution in [-0.4, -0.2) is 80.3 Å². The average molecular weight is 467 g/mol. The highest BCUT2D eigenvalue weighted by atomic mass is 35.5. The quantitative estimate of drug-likeness (QED) is 0.644. The largest absolute Gasteiger partial charge is 0.379 e. The Balaban J connectivity index is 0.000000186. The summed E-state index contributed by atoms with van der Waals surface area (Å²) in [6.45, 7) is 14.5. The van der Waals surface area contributed by atoms with E-state index in [9.17, 15) is 4.39 Å². The van der Waals surface area contributed by atoms with Gasteiger partial charge in [-0.25, -0.2) is 4.39 Å². The van der Waals surface area contributed by atoms with Crippen molar-refractivity contribution in [1.82, 2.24) is 14.7 Å². The fourth-order valence-electron chi connectivity index (χ4n) is 4.79. The summed E-state index contributed by atoms with van der Waals surface area (Å²) in [5.74, 6) is 1.44. The lowest BCUT2D eigenvalue weighted by Crippen LogP contribution is -2.44. The summed E-state index contributed by atoms with van der Waals surface area (Å²) in [6, 6.07) is 5.35. The fraction of sp³-hybridized carbons (Fsp3) is 0.680. The number of morpholine rings is 1. The molecule has 2 heterocycles. The molecule has 1 unspecified atom stereocenters. The van der Waals surface area contributed by atoms with Gasteiger partial charge in [-0.1, -0.05) is 43.9 Å². The Morgan fingerprint density at radius 3 is 2.44 bits per heavy atom.